The fourth-order valence-corrected chi connectivity index (χ4v) is 2.96. The highest BCUT2D eigenvalue weighted by molar-refractivity contribution is 5.23. The summed E-state index contributed by atoms with van der Waals surface area (Å²) in [6, 6.07) is 9.65. The molecular weight excluding hydrogens is 278 g/mol. The molecule has 5 nitrogen and oxygen atoms in total. The van der Waals surface area contributed by atoms with Gasteiger partial charge in [0.2, 0.25) is 0 Å². The number of para-hydroxylation sites is 1. The molecule has 0 bridgehead atoms. The Labute approximate surface area is 130 Å². The molecule has 22 heavy (non-hydrogen) atoms. The molecule has 5 heteroatoms. The second-order valence-corrected chi connectivity index (χ2v) is 6.20. The summed E-state index contributed by atoms with van der Waals surface area (Å²) in [5.41, 5.74) is 2.59. The van der Waals surface area contributed by atoms with E-state index in [9.17, 15) is 5.11 Å². The SMILES string of the molecule is Cc1n[nH]c(C)c1CN1CCC(O)(COc2ccccc2)C1. The Kier molecular flexibility index (Phi) is 4.18. The Morgan fingerprint density at radius 2 is 2.09 bits per heavy atom. The minimum Gasteiger partial charge on any atom is -0.491 e. The lowest BCUT2D eigenvalue weighted by atomic mass is 10.1. The topological polar surface area (TPSA) is 61.4 Å². The van der Waals surface area contributed by atoms with E-state index in [2.05, 4.69) is 15.1 Å². The number of likely N-dealkylation sites (tertiary alicyclic amines) is 1. The molecule has 0 spiro atoms. The quantitative estimate of drug-likeness (QED) is 0.887. The van der Waals surface area contributed by atoms with Crippen molar-refractivity contribution in [2.75, 3.05) is 19.7 Å². The van der Waals surface area contributed by atoms with E-state index in [1.165, 1.54) is 5.56 Å². The summed E-state index contributed by atoms with van der Waals surface area (Å²) in [5.74, 6) is 0.802. The van der Waals surface area contributed by atoms with Crippen molar-refractivity contribution < 1.29 is 9.84 Å². The lowest BCUT2D eigenvalue weighted by Gasteiger charge is -2.23. The molecule has 1 unspecified atom stereocenters. The van der Waals surface area contributed by atoms with Crippen molar-refractivity contribution in [3.8, 4) is 5.75 Å². The van der Waals surface area contributed by atoms with Gasteiger partial charge in [-0.2, -0.15) is 5.10 Å². The minimum absolute atomic E-state index is 0.330. The van der Waals surface area contributed by atoms with Gasteiger partial charge in [0.15, 0.2) is 0 Å². The number of aromatic nitrogens is 2. The van der Waals surface area contributed by atoms with Gasteiger partial charge in [-0.05, 0) is 32.4 Å². The minimum atomic E-state index is -0.776. The highest BCUT2D eigenvalue weighted by atomic mass is 16.5. The van der Waals surface area contributed by atoms with Gasteiger partial charge in [-0.15, -0.1) is 0 Å². The van der Waals surface area contributed by atoms with Gasteiger partial charge >= 0.3 is 0 Å². The first kappa shape index (κ1) is 15.1. The lowest BCUT2D eigenvalue weighted by Crippen LogP contribution is -2.39. The molecule has 1 aliphatic heterocycles. The van der Waals surface area contributed by atoms with Gasteiger partial charge in [0, 0.05) is 30.9 Å². The predicted octanol–water partition coefficient (Wildman–Crippen LogP) is 2.04. The van der Waals surface area contributed by atoms with Gasteiger partial charge in [0.25, 0.3) is 0 Å². The van der Waals surface area contributed by atoms with E-state index in [4.69, 9.17) is 4.74 Å². The van der Waals surface area contributed by atoms with Gasteiger partial charge in [0.05, 0.1) is 5.69 Å². The monoisotopic (exact) mass is 301 g/mol. The molecule has 1 aliphatic rings. The Morgan fingerprint density at radius 3 is 2.77 bits per heavy atom. The van der Waals surface area contributed by atoms with Crippen LogP contribution in [-0.2, 0) is 6.54 Å². The molecule has 1 aromatic carbocycles. The number of β-amino-alcohol motifs (C(OH)–C–C–N with tert-alkyl or cyclic N) is 1. The summed E-state index contributed by atoms with van der Waals surface area (Å²) in [5, 5.41) is 17.9. The number of hydrogen-bond donors (Lipinski definition) is 2. The van der Waals surface area contributed by atoms with E-state index in [-0.39, 0.29) is 0 Å². The number of nitrogens with zero attached hydrogens (tertiary/aromatic N) is 2. The lowest BCUT2D eigenvalue weighted by molar-refractivity contribution is 0.00335. The molecule has 1 atom stereocenters. The summed E-state index contributed by atoms with van der Waals surface area (Å²) < 4.78 is 5.73. The van der Waals surface area contributed by atoms with Crippen LogP contribution in [0.25, 0.3) is 0 Å². The first-order chi connectivity index (χ1) is 10.6. The van der Waals surface area contributed by atoms with Crippen LogP contribution >= 0.6 is 0 Å². The summed E-state index contributed by atoms with van der Waals surface area (Å²) in [7, 11) is 0. The third-order valence-electron chi connectivity index (χ3n) is 4.32. The Balaban J connectivity index is 1.57. The molecule has 1 aromatic heterocycles. The zero-order chi connectivity index (χ0) is 15.6. The van der Waals surface area contributed by atoms with Gasteiger partial charge in [-0.1, -0.05) is 18.2 Å². The summed E-state index contributed by atoms with van der Waals surface area (Å²) >= 11 is 0. The highest BCUT2D eigenvalue weighted by Gasteiger charge is 2.37. The molecule has 0 saturated carbocycles. The van der Waals surface area contributed by atoms with Gasteiger partial charge in [0.1, 0.15) is 18.0 Å². The van der Waals surface area contributed by atoms with Crippen LogP contribution in [0.5, 0.6) is 5.75 Å². The number of nitrogens with one attached hydrogen (secondary N) is 1. The van der Waals surface area contributed by atoms with Crippen LogP contribution in [0.3, 0.4) is 0 Å². The number of rotatable bonds is 5. The summed E-state index contributed by atoms with van der Waals surface area (Å²) in [6.07, 6.45) is 0.732. The Hall–Kier alpha value is -1.85. The van der Waals surface area contributed by atoms with Gasteiger partial charge in [-0.3, -0.25) is 10.00 Å². The first-order valence-corrected chi connectivity index (χ1v) is 7.69. The molecule has 1 fully saturated rings. The van der Waals surface area contributed by atoms with Crippen LogP contribution in [0.15, 0.2) is 30.3 Å². The Bertz CT molecular complexity index is 607. The maximum atomic E-state index is 10.7. The second-order valence-electron chi connectivity index (χ2n) is 6.20. The maximum absolute atomic E-state index is 10.7. The Morgan fingerprint density at radius 1 is 1.32 bits per heavy atom. The van der Waals surface area contributed by atoms with Crippen LogP contribution in [0.1, 0.15) is 23.4 Å². The van der Waals surface area contributed by atoms with Gasteiger partial charge < -0.3 is 9.84 Å². The van der Waals surface area contributed by atoms with Crippen LogP contribution in [0, 0.1) is 13.8 Å². The van der Waals surface area contributed by atoms with Crippen LogP contribution in [0.4, 0.5) is 0 Å². The van der Waals surface area contributed by atoms with Crippen molar-refractivity contribution in [1.29, 1.82) is 0 Å². The number of H-pyrrole nitrogens is 1. The fourth-order valence-electron chi connectivity index (χ4n) is 2.96. The maximum Gasteiger partial charge on any atom is 0.119 e. The molecule has 1 saturated heterocycles. The number of aliphatic hydroxyl groups is 1. The largest absolute Gasteiger partial charge is 0.491 e. The van der Waals surface area contributed by atoms with Crippen molar-refractivity contribution in [3.05, 3.63) is 47.3 Å². The van der Waals surface area contributed by atoms with Crippen LogP contribution in [0.2, 0.25) is 0 Å². The van der Waals surface area contributed by atoms with Crippen LogP contribution < -0.4 is 4.74 Å². The van der Waals surface area contributed by atoms with Crippen molar-refractivity contribution in [2.24, 2.45) is 0 Å². The fraction of sp³-hybridized carbons (Fsp3) is 0.471. The molecule has 0 aliphatic carbocycles. The number of ether oxygens (including phenoxy) is 1. The molecular formula is C17H23N3O2. The van der Waals surface area contributed by atoms with E-state index in [1.807, 2.05) is 44.2 Å². The van der Waals surface area contributed by atoms with Crippen molar-refractivity contribution in [3.63, 3.8) is 0 Å². The summed E-state index contributed by atoms with van der Waals surface area (Å²) in [6.45, 7) is 6.71. The van der Waals surface area contributed by atoms with E-state index in [1.54, 1.807) is 0 Å². The van der Waals surface area contributed by atoms with E-state index in [0.29, 0.717) is 13.2 Å². The molecule has 2 N–H and O–H groups in total. The third-order valence-corrected chi connectivity index (χ3v) is 4.32. The summed E-state index contributed by atoms with van der Waals surface area (Å²) in [4.78, 5) is 2.26. The average molecular weight is 301 g/mol. The zero-order valence-electron chi connectivity index (χ0n) is 13.2. The van der Waals surface area contributed by atoms with Crippen molar-refractivity contribution in [2.45, 2.75) is 32.4 Å². The van der Waals surface area contributed by atoms with Crippen LogP contribution in [-0.4, -0.2) is 45.5 Å². The van der Waals surface area contributed by atoms with Crippen molar-refractivity contribution in [1.82, 2.24) is 15.1 Å². The smallest absolute Gasteiger partial charge is 0.119 e. The molecule has 3 rings (SSSR count). The standard InChI is InChI=1S/C17H23N3O2/c1-13-16(14(2)19-18-13)10-20-9-8-17(21,11-20)12-22-15-6-4-3-5-7-15/h3-7,21H,8-12H2,1-2H3,(H,18,19). The number of benzene rings is 1. The van der Waals surface area contributed by atoms with Gasteiger partial charge in [-0.25, -0.2) is 0 Å². The molecule has 0 amide bonds. The van der Waals surface area contributed by atoms with Crippen molar-refractivity contribution >= 4 is 0 Å². The number of hydrogen-bond acceptors (Lipinski definition) is 4. The highest BCUT2D eigenvalue weighted by Crippen LogP contribution is 2.25. The average Bonchev–Trinajstić information content (AvgIpc) is 3.05. The number of aromatic amines is 1. The molecule has 118 valence electrons. The van der Waals surface area contributed by atoms with E-state index < -0.39 is 5.60 Å². The molecule has 2 aromatic rings. The second kappa shape index (κ2) is 6.10. The zero-order valence-corrected chi connectivity index (χ0v) is 13.2. The van der Waals surface area contributed by atoms with E-state index in [0.717, 1.165) is 36.6 Å². The molecule has 2 heterocycles. The third kappa shape index (κ3) is 3.31. The predicted molar refractivity (Wildman–Crippen MR) is 84.8 cm³/mol. The normalized spacial score (nSPS) is 22.1. The number of aryl methyl sites for hydroxylation is 2. The van der Waals surface area contributed by atoms with E-state index >= 15 is 0 Å². The first-order valence-electron chi connectivity index (χ1n) is 7.69. The molecule has 0 radical (unpaired) electrons.